The number of hydrogen-bond donors (Lipinski definition) is 0. The van der Waals surface area contributed by atoms with Gasteiger partial charge < -0.3 is 4.74 Å². The number of ether oxygens (including phenoxy) is 1. The lowest BCUT2D eigenvalue weighted by Crippen LogP contribution is -2.15. The third kappa shape index (κ3) is 3.81. The molecule has 4 heteroatoms. The second kappa shape index (κ2) is 5.39. The van der Waals surface area contributed by atoms with Crippen molar-refractivity contribution in [2.75, 3.05) is 0 Å². The number of rotatable bonds is 4. The van der Waals surface area contributed by atoms with Crippen LogP contribution in [-0.4, -0.2) is 17.9 Å². The zero-order valence-electron chi connectivity index (χ0n) is 9.20. The quantitative estimate of drug-likeness (QED) is 0.448. The maximum Gasteiger partial charge on any atom is 0.313 e. The van der Waals surface area contributed by atoms with Crippen molar-refractivity contribution >= 4 is 11.8 Å². The number of Topliss-reactive ketones (excluding diaryl/α,β-unsaturated/α-hetero) is 1. The zero-order chi connectivity index (χ0) is 12.1. The van der Waals surface area contributed by atoms with E-state index in [2.05, 4.69) is 0 Å². The summed E-state index contributed by atoms with van der Waals surface area (Å²) in [6.07, 6.45) is -0.558. The number of carbonyl (C=O) groups excluding carboxylic acids is 2. The van der Waals surface area contributed by atoms with Crippen LogP contribution < -0.4 is 0 Å². The Morgan fingerprint density at radius 3 is 2.31 bits per heavy atom. The highest BCUT2D eigenvalue weighted by Crippen LogP contribution is 2.07. The summed E-state index contributed by atoms with van der Waals surface area (Å²) in [5, 5.41) is 0. The molecule has 0 amide bonds. The van der Waals surface area contributed by atoms with E-state index in [9.17, 15) is 14.0 Å². The van der Waals surface area contributed by atoms with E-state index in [0.717, 1.165) is 0 Å². The number of benzene rings is 1. The summed E-state index contributed by atoms with van der Waals surface area (Å²) in [6, 6.07) is 5.06. The molecule has 0 fully saturated rings. The molecule has 1 aromatic carbocycles. The first-order chi connectivity index (χ1) is 7.49. The summed E-state index contributed by atoms with van der Waals surface area (Å²) in [5.41, 5.74) is 0.308. The minimum absolute atomic E-state index is 0.242. The standard InChI is InChI=1S/C12H13FO3/c1-8(2)16-12(15)7-11(14)9-3-5-10(13)6-4-9/h3-6,8H,7H2,1-2H3. The van der Waals surface area contributed by atoms with Gasteiger partial charge in [0.25, 0.3) is 0 Å². The van der Waals surface area contributed by atoms with Crippen molar-refractivity contribution in [1.82, 2.24) is 0 Å². The second-order valence-corrected chi connectivity index (χ2v) is 3.65. The average molecular weight is 224 g/mol. The molecular weight excluding hydrogens is 211 g/mol. The van der Waals surface area contributed by atoms with Crippen LogP contribution in [0.2, 0.25) is 0 Å². The molecule has 0 N–H and O–H groups in total. The van der Waals surface area contributed by atoms with Crippen LogP contribution in [0.1, 0.15) is 30.6 Å². The number of halogens is 1. The molecule has 0 aliphatic carbocycles. The predicted octanol–water partition coefficient (Wildman–Crippen LogP) is 2.35. The molecule has 0 spiro atoms. The third-order valence-electron chi connectivity index (χ3n) is 1.84. The van der Waals surface area contributed by atoms with Gasteiger partial charge in [-0.3, -0.25) is 9.59 Å². The monoisotopic (exact) mass is 224 g/mol. The third-order valence-corrected chi connectivity index (χ3v) is 1.84. The molecule has 0 aliphatic rings. The summed E-state index contributed by atoms with van der Waals surface area (Å²) < 4.78 is 17.4. The van der Waals surface area contributed by atoms with Gasteiger partial charge in [-0.2, -0.15) is 0 Å². The van der Waals surface area contributed by atoms with Gasteiger partial charge in [-0.15, -0.1) is 0 Å². The number of hydrogen-bond acceptors (Lipinski definition) is 3. The summed E-state index contributed by atoms with van der Waals surface area (Å²) in [4.78, 5) is 22.7. The fourth-order valence-electron chi connectivity index (χ4n) is 1.17. The second-order valence-electron chi connectivity index (χ2n) is 3.65. The average Bonchev–Trinajstić information content (AvgIpc) is 2.16. The van der Waals surface area contributed by atoms with Crippen LogP contribution in [0.4, 0.5) is 4.39 Å². The van der Waals surface area contributed by atoms with Gasteiger partial charge in [0.1, 0.15) is 12.2 Å². The summed E-state index contributed by atoms with van der Waals surface area (Å²) >= 11 is 0. The lowest BCUT2D eigenvalue weighted by molar-refractivity contribution is -0.146. The molecule has 1 rings (SSSR count). The first-order valence-electron chi connectivity index (χ1n) is 4.97. The summed E-state index contributed by atoms with van der Waals surface area (Å²) in [6.45, 7) is 3.42. The van der Waals surface area contributed by atoms with Crippen LogP contribution in [0.3, 0.4) is 0 Å². The van der Waals surface area contributed by atoms with Crippen LogP contribution in [0.15, 0.2) is 24.3 Å². The van der Waals surface area contributed by atoms with Crippen molar-refractivity contribution in [2.45, 2.75) is 26.4 Å². The minimum atomic E-state index is -0.565. The number of ketones is 1. The Balaban J connectivity index is 2.59. The topological polar surface area (TPSA) is 43.4 Å². The molecule has 3 nitrogen and oxygen atoms in total. The minimum Gasteiger partial charge on any atom is -0.463 e. The van der Waals surface area contributed by atoms with Crippen LogP contribution in [0.25, 0.3) is 0 Å². The predicted molar refractivity (Wildman–Crippen MR) is 56.6 cm³/mol. The van der Waals surface area contributed by atoms with E-state index < -0.39 is 11.8 Å². The fraction of sp³-hybridized carbons (Fsp3) is 0.333. The van der Waals surface area contributed by atoms with Gasteiger partial charge in [0, 0.05) is 5.56 Å². The van der Waals surface area contributed by atoms with Gasteiger partial charge in [0.15, 0.2) is 5.78 Å². The Morgan fingerprint density at radius 2 is 1.81 bits per heavy atom. The molecule has 1 aromatic rings. The van der Waals surface area contributed by atoms with Crippen molar-refractivity contribution in [3.63, 3.8) is 0 Å². The molecule has 0 atom stereocenters. The van der Waals surface area contributed by atoms with Gasteiger partial charge in [0.05, 0.1) is 6.10 Å². The summed E-state index contributed by atoms with van der Waals surface area (Å²) in [5.74, 6) is -1.35. The first kappa shape index (κ1) is 12.4. The molecule has 0 aromatic heterocycles. The SMILES string of the molecule is CC(C)OC(=O)CC(=O)c1ccc(F)cc1. The highest BCUT2D eigenvalue weighted by Gasteiger charge is 2.13. The van der Waals surface area contributed by atoms with Crippen molar-refractivity contribution in [3.8, 4) is 0 Å². The van der Waals surface area contributed by atoms with Crippen molar-refractivity contribution < 1.29 is 18.7 Å². The van der Waals surface area contributed by atoms with E-state index in [0.29, 0.717) is 5.56 Å². The van der Waals surface area contributed by atoms with Crippen LogP contribution in [-0.2, 0) is 9.53 Å². The van der Waals surface area contributed by atoms with Crippen molar-refractivity contribution in [2.24, 2.45) is 0 Å². The molecular formula is C12H13FO3. The van der Waals surface area contributed by atoms with Gasteiger partial charge in [0.2, 0.25) is 0 Å². The van der Waals surface area contributed by atoms with Gasteiger partial charge in [-0.25, -0.2) is 4.39 Å². The molecule has 0 saturated carbocycles. The lowest BCUT2D eigenvalue weighted by atomic mass is 10.1. The molecule has 0 heterocycles. The molecule has 86 valence electrons. The van der Waals surface area contributed by atoms with E-state index in [1.165, 1.54) is 24.3 Å². The number of carbonyl (C=O) groups is 2. The van der Waals surface area contributed by atoms with E-state index >= 15 is 0 Å². The largest absolute Gasteiger partial charge is 0.463 e. The Bertz CT molecular complexity index is 382. The van der Waals surface area contributed by atoms with Gasteiger partial charge in [-0.05, 0) is 38.1 Å². The van der Waals surface area contributed by atoms with Crippen molar-refractivity contribution in [1.29, 1.82) is 0 Å². The van der Waals surface area contributed by atoms with Crippen LogP contribution in [0, 0.1) is 5.82 Å². The Morgan fingerprint density at radius 1 is 1.25 bits per heavy atom. The Labute approximate surface area is 93.2 Å². The Kier molecular flexibility index (Phi) is 4.17. The first-order valence-corrected chi connectivity index (χ1v) is 4.97. The highest BCUT2D eigenvalue weighted by molar-refractivity contribution is 6.05. The van der Waals surface area contributed by atoms with E-state index in [4.69, 9.17) is 4.74 Å². The Hall–Kier alpha value is -1.71. The van der Waals surface area contributed by atoms with E-state index in [-0.39, 0.29) is 18.3 Å². The normalized spacial score (nSPS) is 10.2. The molecule has 0 radical (unpaired) electrons. The molecule has 0 saturated heterocycles. The summed E-state index contributed by atoms with van der Waals surface area (Å²) in [7, 11) is 0. The maximum atomic E-state index is 12.6. The fourth-order valence-corrected chi connectivity index (χ4v) is 1.17. The maximum absolute atomic E-state index is 12.6. The van der Waals surface area contributed by atoms with Crippen LogP contribution >= 0.6 is 0 Å². The zero-order valence-corrected chi connectivity index (χ0v) is 9.20. The molecule has 0 unspecified atom stereocenters. The van der Waals surface area contributed by atoms with E-state index in [1.807, 2.05) is 0 Å². The van der Waals surface area contributed by atoms with E-state index in [1.54, 1.807) is 13.8 Å². The molecule has 0 aliphatic heterocycles. The van der Waals surface area contributed by atoms with Gasteiger partial charge in [-0.1, -0.05) is 0 Å². The number of esters is 1. The molecule has 16 heavy (non-hydrogen) atoms. The van der Waals surface area contributed by atoms with Gasteiger partial charge >= 0.3 is 5.97 Å². The van der Waals surface area contributed by atoms with Crippen LogP contribution in [0.5, 0.6) is 0 Å². The van der Waals surface area contributed by atoms with Crippen molar-refractivity contribution in [3.05, 3.63) is 35.6 Å². The smallest absolute Gasteiger partial charge is 0.313 e. The highest BCUT2D eigenvalue weighted by atomic mass is 19.1. The lowest BCUT2D eigenvalue weighted by Gasteiger charge is -2.06. The molecule has 0 bridgehead atoms.